The van der Waals surface area contributed by atoms with E-state index in [0.717, 1.165) is 22.8 Å². The lowest BCUT2D eigenvalue weighted by Crippen LogP contribution is -2.19. The quantitative estimate of drug-likeness (QED) is 0.838. The van der Waals surface area contributed by atoms with Gasteiger partial charge in [-0.3, -0.25) is 5.32 Å². The number of hydrogen-bond acceptors (Lipinski definition) is 4. The summed E-state index contributed by atoms with van der Waals surface area (Å²) in [6, 6.07) is 7.25. The largest absolute Gasteiger partial charge is 0.325 e. The minimum atomic E-state index is -0.317. The first kappa shape index (κ1) is 10.6. The lowest BCUT2D eigenvalue weighted by Gasteiger charge is -2.05. The van der Waals surface area contributed by atoms with Gasteiger partial charge in [0.05, 0.1) is 0 Å². The first-order chi connectivity index (χ1) is 7.74. The first-order valence-corrected chi connectivity index (χ1v) is 5.43. The third kappa shape index (κ3) is 2.77. The van der Waals surface area contributed by atoms with E-state index in [1.807, 2.05) is 31.2 Å². The maximum absolute atomic E-state index is 11.5. The first-order valence-electron chi connectivity index (χ1n) is 4.65. The van der Waals surface area contributed by atoms with Crippen molar-refractivity contribution in [3.05, 3.63) is 36.2 Å². The van der Waals surface area contributed by atoms with Crippen LogP contribution in [0.25, 0.3) is 0 Å². The van der Waals surface area contributed by atoms with Crippen LogP contribution in [-0.2, 0) is 0 Å². The highest BCUT2D eigenvalue weighted by Gasteiger charge is 2.04. The zero-order valence-corrected chi connectivity index (χ0v) is 9.41. The van der Waals surface area contributed by atoms with Crippen molar-refractivity contribution in [2.75, 3.05) is 10.6 Å². The summed E-state index contributed by atoms with van der Waals surface area (Å²) in [5, 5.41) is 5.77. The number of carbonyl (C=O) groups is 1. The van der Waals surface area contributed by atoms with E-state index in [4.69, 9.17) is 0 Å². The van der Waals surface area contributed by atoms with Crippen LogP contribution in [0.15, 0.2) is 30.6 Å². The Hall–Kier alpha value is -1.95. The Labute approximate surface area is 96.7 Å². The van der Waals surface area contributed by atoms with Gasteiger partial charge in [-0.05, 0) is 24.6 Å². The lowest BCUT2D eigenvalue weighted by atomic mass is 10.2. The molecule has 1 heterocycles. The molecule has 1 aromatic heterocycles. The summed E-state index contributed by atoms with van der Waals surface area (Å²) < 4.78 is 3.78. The third-order valence-electron chi connectivity index (χ3n) is 1.86. The topological polar surface area (TPSA) is 66.9 Å². The molecule has 0 fully saturated rings. The molecule has 82 valence electrons. The molecule has 2 rings (SSSR count). The van der Waals surface area contributed by atoms with Crippen LogP contribution in [0.5, 0.6) is 0 Å². The Morgan fingerprint density at radius 1 is 1.38 bits per heavy atom. The van der Waals surface area contributed by atoms with Crippen LogP contribution < -0.4 is 10.6 Å². The van der Waals surface area contributed by atoms with Gasteiger partial charge in [-0.25, -0.2) is 9.78 Å². The van der Waals surface area contributed by atoms with Crippen LogP contribution >= 0.6 is 11.5 Å². The van der Waals surface area contributed by atoms with Gasteiger partial charge in [0.2, 0.25) is 5.13 Å². The maximum Gasteiger partial charge on any atom is 0.325 e. The van der Waals surface area contributed by atoms with Gasteiger partial charge in [0.25, 0.3) is 0 Å². The van der Waals surface area contributed by atoms with E-state index in [0.29, 0.717) is 5.13 Å². The molecular weight excluding hydrogens is 224 g/mol. The number of carbonyl (C=O) groups excluding carboxylic acids is 1. The molecule has 0 aliphatic carbocycles. The molecule has 0 saturated carbocycles. The number of aryl methyl sites for hydroxylation is 1. The highest BCUT2D eigenvalue weighted by atomic mass is 32.1. The predicted octanol–water partition coefficient (Wildman–Crippen LogP) is 2.49. The summed E-state index contributed by atoms with van der Waals surface area (Å²) >= 11 is 1.13. The van der Waals surface area contributed by atoms with E-state index in [-0.39, 0.29) is 6.03 Å². The summed E-state index contributed by atoms with van der Waals surface area (Å²) in [4.78, 5) is 15.4. The molecule has 0 aliphatic heterocycles. The summed E-state index contributed by atoms with van der Waals surface area (Å²) in [6.07, 6.45) is 1.40. The van der Waals surface area contributed by atoms with E-state index in [2.05, 4.69) is 20.0 Å². The van der Waals surface area contributed by atoms with Crippen molar-refractivity contribution in [3.63, 3.8) is 0 Å². The van der Waals surface area contributed by atoms with E-state index >= 15 is 0 Å². The average molecular weight is 234 g/mol. The van der Waals surface area contributed by atoms with Crippen LogP contribution in [0, 0.1) is 6.92 Å². The zero-order chi connectivity index (χ0) is 11.4. The Kier molecular flexibility index (Phi) is 3.11. The van der Waals surface area contributed by atoms with Crippen molar-refractivity contribution in [1.29, 1.82) is 0 Å². The summed E-state index contributed by atoms with van der Waals surface area (Å²) in [5.74, 6) is 0. The second-order valence-corrected chi connectivity index (χ2v) is 3.98. The second-order valence-electron chi connectivity index (χ2n) is 3.20. The Morgan fingerprint density at radius 2 is 2.25 bits per heavy atom. The molecule has 16 heavy (non-hydrogen) atoms. The molecule has 0 spiro atoms. The van der Waals surface area contributed by atoms with Crippen molar-refractivity contribution < 1.29 is 4.79 Å². The van der Waals surface area contributed by atoms with Gasteiger partial charge in [0.1, 0.15) is 6.33 Å². The Bertz CT molecular complexity index is 483. The van der Waals surface area contributed by atoms with Crippen molar-refractivity contribution in [1.82, 2.24) is 9.36 Å². The Balaban J connectivity index is 1.97. The van der Waals surface area contributed by atoms with Crippen LogP contribution in [0.2, 0.25) is 0 Å². The second kappa shape index (κ2) is 4.71. The van der Waals surface area contributed by atoms with E-state index in [1.165, 1.54) is 6.33 Å². The molecule has 1 aromatic carbocycles. The summed E-state index contributed by atoms with van der Waals surface area (Å²) in [6.45, 7) is 1.97. The number of rotatable bonds is 2. The fourth-order valence-electron chi connectivity index (χ4n) is 1.21. The minimum Gasteiger partial charge on any atom is -0.308 e. The van der Waals surface area contributed by atoms with Gasteiger partial charge < -0.3 is 5.32 Å². The number of aromatic nitrogens is 2. The van der Waals surface area contributed by atoms with E-state index in [9.17, 15) is 4.79 Å². The molecule has 6 heteroatoms. The Morgan fingerprint density at radius 3 is 2.94 bits per heavy atom. The number of anilines is 2. The zero-order valence-electron chi connectivity index (χ0n) is 8.60. The van der Waals surface area contributed by atoms with Crippen molar-refractivity contribution in [2.24, 2.45) is 0 Å². The van der Waals surface area contributed by atoms with Crippen LogP contribution in [0.3, 0.4) is 0 Å². The summed E-state index contributed by atoms with van der Waals surface area (Å²) in [5.41, 5.74) is 1.84. The molecule has 0 atom stereocenters. The number of amides is 2. The highest BCUT2D eigenvalue weighted by molar-refractivity contribution is 7.09. The van der Waals surface area contributed by atoms with E-state index in [1.54, 1.807) is 0 Å². The van der Waals surface area contributed by atoms with Gasteiger partial charge in [-0.1, -0.05) is 12.1 Å². The van der Waals surface area contributed by atoms with Crippen LogP contribution in [0.1, 0.15) is 5.56 Å². The molecule has 0 radical (unpaired) electrons. The molecule has 0 saturated heterocycles. The molecule has 2 aromatic rings. The standard InChI is InChI=1S/C10H10N4OS/c1-7-3-2-4-8(5-7)13-9(15)14-10-11-6-12-16-10/h2-6H,1H3,(H2,11,12,13,14,15). The maximum atomic E-state index is 11.5. The smallest absolute Gasteiger partial charge is 0.308 e. The number of nitrogens with one attached hydrogen (secondary N) is 2. The fraction of sp³-hybridized carbons (Fsp3) is 0.100. The molecule has 0 aliphatic rings. The fourth-order valence-corrected chi connectivity index (χ4v) is 1.64. The van der Waals surface area contributed by atoms with Crippen molar-refractivity contribution in [3.8, 4) is 0 Å². The van der Waals surface area contributed by atoms with Crippen LogP contribution in [0.4, 0.5) is 15.6 Å². The monoisotopic (exact) mass is 234 g/mol. The van der Waals surface area contributed by atoms with Crippen molar-refractivity contribution >= 4 is 28.4 Å². The SMILES string of the molecule is Cc1cccc(NC(=O)Nc2ncns2)c1. The number of hydrogen-bond donors (Lipinski definition) is 2. The highest BCUT2D eigenvalue weighted by Crippen LogP contribution is 2.11. The predicted molar refractivity (Wildman–Crippen MR) is 63.7 cm³/mol. The van der Waals surface area contributed by atoms with Gasteiger partial charge >= 0.3 is 6.03 Å². The molecule has 2 N–H and O–H groups in total. The van der Waals surface area contributed by atoms with Crippen molar-refractivity contribution in [2.45, 2.75) is 6.92 Å². The molecule has 0 unspecified atom stereocenters. The molecule has 2 amide bonds. The summed E-state index contributed by atoms with van der Waals surface area (Å²) in [7, 11) is 0. The lowest BCUT2D eigenvalue weighted by molar-refractivity contribution is 0.262. The van der Waals surface area contributed by atoms with Crippen LogP contribution in [-0.4, -0.2) is 15.4 Å². The average Bonchev–Trinajstić information content (AvgIpc) is 2.70. The molecule has 0 bridgehead atoms. The number of nitrogens with zero attached hydrogens (tertiary/aromatic N) is 2. The number of urea groups is 1. The molecular formula is C10H10N4OS. The normalized spacial score (nSPS) is 9.81. The van der Waals surface area contributed by atoms with E-state index < -0.39 is 0 Å². The number of benzene rings is 1. The third-order valence-corrected chi connectivity index (χ3v) is 2.44. The minimum absolute atomic E-state index is 0.317. The van der Waals surface area contributed by atoms with Gasteiger partial charge in [0, 0.05) is 17.2 Å². The van der Waals surface area contributed by atoms with Gasteiger partial charge in [0.15, 0.2) is 0 Å². The van der Waals surface area contributed by atoms with Gasteiger partial charge in [-0.15, -0.1) is 0 Å². The molecule has 5 nitrogen and oxygen atoms in total. The van der Waals surface area contributed by atoms with Gasteiger partial charge in [-0.2, -0.15) is 4.37 Å².